The minimum atomic E-state index is -0.296. The van der Waals surface area contributed by atoms with Crippen molar-refractivity contribution in [2.24, 2.45) is 0 Å². The Morgan fingerprint density at radius 3 is 0.833 bits per heavy atom. The molecule has 6 aliphatic heterocycles. The lowest BCUT2D eigenvalue weighted by molar-refractivity contribution is -0.144. The van der Waals surface area contributed by atoms with Gasteiger partial charge in [-0.2, -0.15) is 0 Å². The normalized spacial score (nSPS) is 15.8. The number of ether oxygens (including phenoxy) is 4. The third kappa shape index (κ3) is 11.0. The molecule has 6 aliphatic rings. The fourth-order valence-corrected chi connectivity index (χ4v) is 9.24. The van der Waals surface area contributed by atoms with Crippen molar-refractivity contribution in [3.05, 3.63) is 143 Å². The number of aromatic amines is 2. The number of carbonyl (C=O) groups is 4. The summed E-state index contributed by atoms with van der Waals surface area (Å²) in [5.41, 5.74) is 13.3. The maximum atomic E-state index is 12.5. The Bertz CT molecular complexity index is 2750. The number of hydrogen-bond donors (Lipinski definition) is 2. The second-order valence-electron chi connectivity index (χ2n) is 17.3. The van der Waals surface area contributed by atoms with E-state index in [4.69, 9.17) is 28.9 Å². The average molecular weight is 971 g/mol. The van der Waals surface area contributed by atoms with E-state index in [1.807, 2.05) is 93.0 Å². The molecular formula is C56H58N8O8. The van der Waals surface area contributed by atoms with Crippen LogP contribution >= 0.6 is 0 Å². The van der Waals surface area contributed by atoms with Crippen LogP contribution in [0.1, 0.15) is 72.7 Å². The molecule has 72 heavy (non-hydrogen) atoms. The fourth-order valence-electron chi connectivity index (χ4n) is 9.24. The van der Waals surface area contributed by atoms with Crippen LogP contribution in [-0.2, 0) is 38.1 Å². The van der Waals surface area contributed by atoms with Gasteiger partial charge in [-0.05, 0) is 123 Å². The first-order chi connectivity index (χ1) is 35.1. The van der Waals surface area contributed by atoms with Crippen molar-refractivity contribution in [1.29, 1.82) is 0 Å². The molecule has 16 heteroatoms. The third-order valence-corrected chi connectivity index (χ3v) is 12.5. The van der Waals surface area contributed by atoms with Crippen LogP contribution in [0.4, 0.5) is 0 Å². The van der Waals surface area contributed by atoms with Crippen LogP contribution in [0.5, 0.6) is 0 Å². The van der Waals surface area contributed by atoms with E-state index in [1.165, 1.54) is 0 Å². The second-order valence-corrected chi connectivity index (χ2v) is 17.3. The van der Waals surface area contributed by atoms with E-state index in [9.17, 15) is 19.2 Å². The van der Waals surface area contributed by atoms with Gasteiger partial charge in [0, 0.05) is 95.3 Å². The quantitative estimate of drug-likeness (QED) is 0.0725. The molecule has 3 aromatic heterocycles. The molecule has 16 nitrogen and oxygen atoms in total. The number of rotatable bonds is 16. The van der Waals surface area contributed by atoms with Gasteiger partial charge in [0.15, 0.2) is 0 Å². The van der Waals surface area contributed by atoms with Crippen molar-refractivity contribution in [1.82, 2.24) is 39.5 Å². The van der Waals surface area contributed by atoms with E-state index < -0.39 is 0 Å². The first-order valence-corrected chi connectivity index (χ1v) is 24.4. The molecule has 3 aromatic rings. The van der Waals surface area contributed by atoms with Crippen LogP contribution in [0.15, 0.2) is 97.7 Å². The van der Waals surface area contributed by atoms with Crippen molar-refractivity contribution in [3.63, 3.8) is 0 Å². The lowest BCUT2D eigenvalue weighted by Gasteiger charge is -2.22. The van der Waals surface area contributed by atoms with Crippen molar-refractivity contribution in [3.8, 4) is 0 Å². The van der Waals surface area contributed by atoms with Crippen LogP contribution in [0, 0.1) is 0 Å². The molecule has 370 valence electrons. The Morgan fingerprint density at radius 2 is 0.639 bits per heavy atom. The largest absolute Gasteiger partial charge is 0.465 e. The van der Waals surface area contributed by atoms with Gasteiger partial charge in [-0.1, -0.05) is 24.3 Å². The fraction of sp³-hybridized carbons (Fsp3) is 0.286. The third-order valence-electron chi connectivity index (χ3n) is 12.5. The molecule has 0 spiro atoms. The van der Waals surface area contributed by atoms with E-state index in [0.29, 0.717) is 52.6 Å². The Kier molecular flexibility index (Phi) is 14.9. The number of fused-ring (bicyclic) bond motifs is 8. The molecule has 0 aliphatic carbocycles. The summed E-state index contributed by atoms with van der Waals surface area (Å²) < 4.78 is 21.0. The second kappa shape index (κ2) is 22.1. The predicted octanol–water partition coefficient (Wildman–Crippen LogP) is 7.76. The molecule has 9 heterocycles. The van der Waals surface area contributed by atoms with Gasteiger partial charge in [0.05, 0.1) is 49.2 Å². The van der Waals surface area contributed by atoms with E-state index in [2.05, 4.69) is 58.5 Å². The summed E-state index contributed by atoms with van der Waals surface area (Å²) >= 11 is 0. The highest BCUT2D eigenvalue weighted by Crippen LogP contribution is 2.37. The number of aromatic nitrogens is 4. The molecule has 0 aromatic carbocycles. The van der Waals surface area contributed by atoms with E-state index in [-0.39, 0.29) is 50.1 Å². The van der Waals surface area contributed by atoms with Gasteiger partial charge in [-0.3, -0.25) is 19.2 Å². The number of H-pyrrole nitrogens is 2. The van der Waals surface area contributed by atoms with Gasteiger partial charge in [0.1, 0.15) is 26.2 Å². The average Bonchev–Trinajstić information content (AvgIpc) is 4.23. The Morgan fingerprint density at radius 1 is 0.403 bits per heavy atom. The molecule has 0 atom stereocenters. The maximum absolute atomic E-state index is 12.5. The number of hydrogen-bond acceptors (Lipinski definition) is 14. The van der Waals surface area contributed by atoms with Crippen LogP contribution < -0.4 is 0 Å². The van der Waals surface area contributed by atoms with E-state index >= 15 is 0 Å². The molecule has 0 unspecified atom stereocenters. The monoisotopic (exact) mass is 970 g/mol. The summed E-state index contributed by atoms with van der Waals surface area (Å²) in [4.78, 5) is 76.0. The van der Waals surface area contributed by atoms with Crippen molar-refractivity contribution in [2.75, 3.05) is 78.8 Å². The Balaban J connectivity index is 1.26. The van der Waals surface area contributed by atoms with Crippen molar-refractivity contribution in [2.45, 2.75) is 27.7 Å². The Labute approximate surface area is 418 Å². The lowest BCUT2D eigenvalue weighted by atomic mass is 10.0. The predicted molar refractivity (Wildman–Crippen MR) is 280 cm³/mol. The standard InChI is InChI=1S/C56H58N8O8/c1-5-69-49(65)33-61-25-17-37(18-26-61)53-41-9-11-43(57-41)54(38-19-27-62(28-20-38)34-50(66)70-6-2)45-13-15-47(59-45)56(40-23-31-64(32-24-40)36-52(68)72-8-4)48-16-14-46(60-48)55(44-12-10-42(53)58-44)39-21-29-63(30-22-39)35-51(67)71-7-3/h9-25,27,29,31,57,60H,5-8,26,28,30,32-36H2,1-4H3. The zero-order chi connectivity index (χ0) is 50.1. The molecule has 2 N–H and O–H groups in total. The summed E-state index contributed by atoms with van der Waals surface area (Å²) in [6, 6.07) is 8.24. The molecule has 0 saturated heterocycles. The van der Waals surface area contributed by atoms with Crippen LogP contribution in [-0.4, -0.2) is 142 Å². The first kappa shape index (κ1) is 48.6. The minimum absolute atomic E-state index is 0.124. The molecule has 0 radical (unpaired) electrons. The highest BCUT2D eigenvalue weighted by molar-refractivity contribution is 5.99. The number of carbonyl (C=O) groups excluding carboxylic acids is 4. The summed E-state index contributed by atoms with van der Waals surface area (Å²) in [5, 5.41) is 0. The van der Waals surface area contributed by atoms with Crippen molar-refractivity contribution < 1.29 is 38.1 Å². The number of nitrogens with one attached hydrogen (secondary N) is 2. The molecule has 0 fully saturated rings. The van der Waals surface area contributed by atoms with Gasteiger partial charge in [-0.25, -0.2) is 9.97 Å². The van der Waals surface area contributed by atoms with Gasteiger partial charge in [0.25, 0.3) is 0 Å². The van der Waals surface area contributed by atoms with E-state index in [1.54, 1.807) is 27.7 Å². The highest BCUT2D eigenvalue weighted by Gasteiger charge is 2.24. The van der Waals surface area contributed by atoms with E-state index in [0.717, 1.165) is 89.4 Å². The van der Waals surface area contributed by atoms with Gasteiger partial charge < -0.3 is 48.5 Å². The maximum Gasteiger partial charge on any atom is 0.325 e. The smallest absolute Gasteiger partial charge is 0.325 e. The van der Waals surface area contributed by atoms with Crippen LogP contribution in [0.25, 0.3) is 68.7 Å². The zero-order valence-electron chi connectivity index (χ0n) is 41.0. The topological polar surface area (TPSA) is 176 Å². The molecule has 9 rings (SSSR count). The summed E-state index contributed by atoms with van der Waals surface area (Å²) in [6.45, 7) is 10.8. The molecular weight excluding hydrogens is 913 g/mol. The lowest BCUT2D eigenvalue weighted by Crippen LogP contribution is -2.28. The van der Waals surface area contributed by atoms with Crippen molar-refractivity contribution >= 4 is 92.5 Å². The molecule has 0 amide bonds. The summed E-state index contributed by atoms with van der Waals surface area (Å²) in [7, 11) is 0. The Hall–Kier alpha value is -8.40. The van der Waals surface area contributed by atoms with Gasteiger partial charge in [-0.15, -0.1) is 0 Å². The molecule has 0 saturated carbocycles. The number of esters is 4. The highest BCUT2D eigenvalue weighted by atomic mass is 16.5. The SMILES string of the molecule is CCOC(=O)CN1C=CC(c2c3nc(c(C4=CCN(CC(=O)OCC)C=C4)c4ccc([nH]4)c(C4=CCN(CC(=O)OCC)C=C4)c4nc(c(C5=CCN(CC(=O)OCC)C=C5)c5ccc2[nH]5)C=C4)C=C3)=CC1. The molecule has 8 bridgehead atoms. The zero-order valence-corrected chi connectivity index (χ0v) is 41.0. The number of nitrogens with zero attached hydrogens (tertiary/aromatic N) is 6. The van der Waals surface area contributed by atoms with Gasteiger partial charge in [0.2, 0.25) is 0 Å². The minimum Gasteiger partial charge on any atom is -0.465 e. The summed E-state index contributed by atoms with van der Waals surface area (Å²) in [6.07, 6.45) is 32.2. The summed E-state index contributed by atoms with van der Waals surface area (Å²) in [5.74, 6) is -1.18. The van der Waals surface area contributed by atoms with Gasteiger partial charge >= 0.3 is 23.9 Å². The first-order valence-electron chi connectivity index (χ1n) is 24.4. The van der Waals surface area contributed by atoms with Crippen LogP contribution in [0.2, 0.25) is 0 Å². The number of allylic oxidation sites excluding steroid dienone is 8. The van der Waals surface area contributed by atoms with Crippen LogP contribution in [0.3, 0.4) is 0 Å².